The highest BCUT2D eigenvalue weighted by Crippen LogP contribution is 2.07. The first-order valence-corrected chi connectivity index (χ1v) is 5.33. The highest BCUT2D eigenvalue weighted by atomic mass is 16.3. The Labute approximate surface area is 93.0 Å². The zero-order valence-corrected chi connectivity index (χ0v) is 9.10. The van der Waals surface area contributed by atoms with E-state index < -0.39 is 0 Å². The van der Waals surface area contributed by atoms with Gasteiger partial charge in [-0.2, -0.15) is 0 Å². The Morgan fingerprint density at radius 1 is 1.44 bits per heavy atom. The van der Waals surface area contributed by atoms with Crippen LogP contribution in [-0.4, -0.2) is 21.2 Å². The van der Waals surface area contributed by atoms with E-state index in [4.69, 9.17) is 0 Å². The number of para-hydroxylation sites is 1. The molecule has 0 saturated carbocycles. The molecule has 4 nitrogen and oxygen atoms in total. The minimum absolute atomic E-state index is 0.119. The van der Waals surface area contributed by atoms with Crippen LogP contribution < -0.4 is 5.56 Å². The van der Waals surface area contributed by atoms with Crippen LogP contribution in [0.2, 0.25) is 0 Å². The van der Waals surface area contributed by atoms with Crippen molar-refractivity contribution in [1.82, 2.24) is 9.97 Å². The van der Waals surface area contributed by atoms with E-state index in [-0.39, 0.29) is 11.7 Å². The van der Waals surface area contributed by atoms with Crippen LogP contribution in [0.4, 0.5) is 0 Å². The molecule has 0 saturated heterocycles. The minimum Gasteiger partial charge on any atom is -0.393 e. The van der Waals surface area contributed by atoms with Gasteiger partial charge in [0.2, 0.25) is 0 Å². The molecule has 0 aliphatic rings. The molecule has 1 aromatic carbocycles. The summed E-state index contributed by atoms with van der Waals surface area (Å²) in [6.07, 6.45) is 0.802. The summed E-state index contributed by atoms with van der Waals surface area (Å²) in [5.41, 5.74) is 0.582. The van der Waals surface area contributed by atoms with E-state index >= 15 is 0 Å². The van der Waals surface area contributed by atoms with Crippen LogP contribution in [0.3, 0.4) is 0 Å². The van der Waals surface area contributed by atoms with E-state index in [2.05, 4.69) is 9.97 Å². The zero-order valence-electron chi connectivity index (χ0n) is 9.10. The quantitative estimate of drug-likeness (QED) is 0.814. The summed E-state index contributed by atoms with van der Waals surface area (Å²) in [5.74, 6) is 0.629. The van der Waals surface area contributed by atoms with Crippen LogP contribution >= 0.6 is 0 Å². The molecule has 1 heterocycles. The fraction of sp³-hybridized carbons (Fsp3) is 0.333. The van der Waals surface area contributed by atoms with Gasteiger partial charge in [0.1, 0.15) is 5.82 Å². The first-order valence-electron chi connectivity index (χ1n) is 5.33. The van der Waals surface area contributed by atoms with Gasteiger partial charge in [-0.1, -0.05) is 12.1 Å². The maximum absolute atomic E-state index is 11.7. The van der Waals surface area contributed by atoms with E-state index in [1.165, 1.54) is 0 Å². The van der Waals surface area contributed by atoms with Crippen LogP contribution in [0.25, 0.3) is 10.9 Å². The number of hydrogen-bond acceptors (Lipinski definition) is 3. The maximum Gasteiger partial charge on any atom is 0.258 e. The molecule has 2 rings (SSSR count). The maximum atomic E-state index is 11.7. The number of aromatic nitrogens is 2. The summed E-state index contributed by atoms with van der Waals surface area (Å²) < 4.78 is 0. The lowest BCUT2D eigenvalue weighted by Crippen LogP contribution is -2.13. The lowest BCUT2D eigenvalue weighted by Gasteiger charge is -2.04. The molecule has 84 valence electrons. The molecule has 1 aromatic heterocycles. The Balaban J connectivity index is 2.38. The van der Waals surface area contributed by atoms with Crippen LogP contribution in [0.5, 0.6) is 0 Å². The number of nitrogens with one attached hydrogen (secondary N) is 1. The van der Waals surface area contributed by atoms with E-state index in [0.29, 0.717) is 29.6 Å². The summed E-state index contributed by atoms with van der Waals surface area (Å²) in [6.45, 7) is 1.72. The van der Waals surface area contributed by atoms with Crippen molar-refractivity contribution in [1.29, 1.82) is 0 Å². The third kappa shape index (κ3) is 2.28. The molecule has 0 aliphatic carbocycles. The number of aliphatic hydroxyl groups excluding tert-OH is 1. The van der Waals surface area contributed by atoms with Gasteiger partial charge >= 0.3 is 0 Å². The van der Waals surface area contributed by atoms with Gasteiger partial charge in [-0.25, -0.2) is 4.98 Å². The lowest BCUT2D eigenvalue weighted by molar-refractivity contribution is 0.184. The number of benzene rings is 1. The fourth-order valence-electron chi connectivity index (χ4n) is 1.60. The predicted molar refractivity (Wildman–Crippen MR) is 62.4 cm³/mol. The van der Waals surface area contributed by atoms with E-state index in [9.17, 15) is 9.90 Å². The van der Waals surface area contributed by atoms with Gasteiger partial charge in [0.05, 0.1) is 17.0 Å². The summed E-state index contributed by atoms with van der Waals surface area (Å²) in [4.78, 5) is 18.8. The largest absolute Gasteiger partial charge is 0.393 e. The fourth-order valence-corrected chi connectivity index (χ4v) is 1.60. The SMILES string of the molecule is CC(O)CCc1nc2ccccc2c(=O)[nH]1. The molecule has 0 aliphatic heterocycles. The number of hydrogen-bond donors (Lipinski definition) is 2. The Kier molecular flexibility index (Phi) is 3.01. The monoisotopic (exact) mass is 218 g/mol. The Morgan fingerprint density at radius 3 is 2.94 bits per heavy atom. The molecule has 2 N–H and O–H groups in total. The molecule has 0 fully saturated rings. The van der Waals surface area contributed by atoms with Crippen molar-refractivity contribution in [2.45, 2.75) is 25.9 Å². The number of aromatic amines is 1. The van der Waals surface area contributed by atoms with Gasteiger partial charge in [0.25, 0.3) is 5.56 Å². The Morgan fingerprint density at radius 2 is 2.19 bits per heavy atom. The molecule has 1 unspecified atom stereocenters. The molecular formula is C12H14N2O2. The molecule has 0 spiro atoms. The molecule has 4 heteroatoms. The van der Waals surface area contributed by atoms with Crippen molar-refractivity contribution < 1.29 is 5.11 Å². The van der Waals surface area contributed by atoms with Gasteiger partial charge < -0.3 is 10.1 Å². The van der Waals surface area contributed by atoms with Gasteiger partial charge in [0, 0.05) is 6.42 Å². The standard InChI is InChI=1S/C12H14N2O2/c1-8(15)6-7-11-13-10-5-3-2-4-9(10)12(16)14-11/h2-5,8,15H,6-7H2,1H3,(H,13,14,16). The molecule has 2 aromatic rings. The molecule has 0 bridgehead atoms. The topological polar surface area (TPSA) is 66.0 Å². The Hall–Kier alpha value is -1.68. The smallest absolute Gasteiger partial charge is 0.258 e. The van der Waals surface area contributed by atoms with Crippen molar-refractivity contribution in [2.24, 2.45) is 0 Å². The molecular weight excluding hydrogens is 204 g/mol. The summed E-state index contributed by atoms with van der Waals surface area (Å²) >= 11 is 0. The highest BCUT2D eigenvalue weighted by molar-refractivity contribution is 5.77. The molecule has 16 heavy (non-hydrogen) atoms. The average Bonchev–Trinajstić information content (AvgIpc) is 2.26. The van der Waals surface area contributed by atoms with Crippen LogP contribution in [0.1, 0.15) is 19.2 Å². The van der Waals surface area contributed by atoms with Crippen molar-refractivity contribution in [2.75, 3.05) is 0 Å². The van der Waals surface area contributed by atoms with Crippen LogP contribution in [0.15, 0.2) is 29.1 Å². The van der Waals surface area contributed by atoms with Crippen molar-refractivity contribution >= 4 is 10.9 Å². The molecule has 0 amide bonds. The predicted octanol–water partition coefficient (Wildman–Crippen LogP) is 1.24. The average molecular weight is 218 g/mol. The van der Waals surface area contributed by atoms with Gasteiger partial charge in [-0.15, -0.1) is 0 Å². The second-order valence-electron chi connectivity index (χ2n) is 3.92. The number of fused-ring (bicyclic) bond motifs is 1. The first kappa shape index (κ1) is 10.8. The van der Waals surface area contributed by atoms with Crippen molar-refractivity contribution in [3.8, 4) is 0 Å². The van der Waals surface area contributed by atoms with Gasteiger partial charge in [-0.3, -0.25) is 4.79 Å². The lowest BCUT2D eigenvalue weighted by atomic mass is 10.2. The van der Waals surface area contributed by atoms with E-state index in [1.807, 2.05) is 18.2 Å². The molecule has 0 radical (unpaired) electrons. The second-order valence-corrected chi connectivity index (χ2v) is 3.92. The van der Waals surface area contributed by atoms with Gasteiger partial charge in [0.15, 0.2) is 0 Å². The number of aryl methyl sites for hydroxylation is 1. The van der Waals surface area contributed by atoms with Gasteiger partial charge in [-0.05, 0) is 25.5 Å². The zero-order chi connectivity index (χ0) is 11.5. The third-order valence-corrected chi connectivity index (χ3v) is 2.46. The van der Waals surface area contributed by atoms with E-state index in [1.54, 1.807) is 13.0 Å². The van der Waals surface area contributed by atoms with Crippen molar-refractivity contribution in [3.63, 3.8) is 0 Å². The third-order valence-electron chi connectivity index (χ3n) is 2.46. The Bertz CT molecular complexity index is 546. The van der Waals surface area contributed by atoms with E-state index in [0.717, 1.165) is 0 Å². The second kappa shape index (κ2) is 4.45. The summed E-state index contributed by atoms with van der Waals surface area (Å²) in [6, 6.07) is 7.23. The number of aliphatic hydroxyl groups is 1. The summed E-state index contributed by atoms with van der Waals surface area (Å²) in [5, 5.41) is 9.78. The summed E-state index contributed by atoms with van der Waals surface area (Å²) in [7, 11) is 0. The minimum atomic E-state index is -0.378. The number of rotatable bonds is 3. The number of nitrogens with zero attached hydrogens (tertiary/aromatic N) is 1. The highest BCUT2D eigenvalue weighted by Gasteiger charge is 2.04. The van der Waals surface area contributed by atoms with Crippen molar-refractivity contribution in [3.05, 3.63) is 40.4 Å². The normalized spacial score (nSPS) is 12.9. The number of H-pyrrole nitrogens is 1. The van der Waals surface area contributed by atoms with Crippen LogP contribution in [0, 0.1) is 0 Å². The van der Waals surface area contributed by atoms with Crippen LogP contribution in [-0.2, 0) is 6.42 Å². The first-order chi connectivity index (χ1) is 7.66. The molecule has 1 atom stereocenters.